The summed E-state index contributed by atoms with van der Waals surface area (Å²) in [6.07, 6.45) is 1.79. The molecule has 1 atom stereocenters. The monoisotopic (exact) mass is 343 g/mol. The smallest absolute Gasteiger partial charge is 0.220 e. The van der Waals surface area contributed by atoms with Gasteiger partial charge in [0.05, 0.1) is 15.8 Å². The van der Waals surface area contributed by atoms with E-state index in [2.05, 4.69) is 15.8 Å². The van der Waals surface area contributed by atoms with Gasteiger partial charge in [-0.1, -0.05) is 34.4 Å². The summed E-state index contributed by atoms with van der Waals surface area (Å²) in [5, 5.41) is 11.1. The molecule has 22 heavy (non-hydrogen) atoms. The molecular weight excluding hydrogens is 325 g/mol. The predicted octanol–water partition coefficient (Wildman–Crippen LogP) is 2.60. The molecule has 0 saturated carbocycles. The fraction of sp³-hybridized carbons (Fsp3) is 0.467. The van der Waals surface area contributed by atoms with Crippen LogP contribution >= 0.6 is 23.2 Å². The van der Waals surface area contributed by atoms with Crippen LogP contribution in [-0.2, 0) is 9.63 Å². The van der Waals surface area contributed by atoms with Crippen LogP contribution < -0.4 is 10.6 Å². The Bertz CT molecular complexity index is 558. The highest BCUT2D eigenvalue weighted by atomic mass is 35.5. The van der Waals surface area contributed by atoms with Gasteiger partial charge >= 0.3 is 0 Å². The molecule has 0 aliphatic carbocycles. The van der Waals surface area contributed by atoms with E-state index in [-0.39, 0.29) is 11.9 Å². The standard InChI is InChI=1S/C15H19Cl2N3O2/c1-22-20-14(10-2-3-12(16)13(17)8-10)4-5-15(21)19-11-6-7-18-9-11/h2-3,8,11,18H,4-7,9H2,1H3,(H,19,21)/b20-14-. The van der Waals surface area contributed by atoms with Gasteiger partial charge in [-0.3, -0.25) is 4.79 Å². The molecule has 0 radical (unpaired) electrons. The Kier molecular flexibility index (Phi) is 6.49. The molecule has 2 rings (SSSR count). The molecule has 7 heteroatoms. The number of nitrogens with one attached hydrogen (secondary N) is 2. The molecule has 1 unspecified atom stereocenters. The Labute approximate surface area is 140 Å². The molecule has 1 aromatic rings. The first-order chi connectivity index (χ1) is 10.6. The minimum atomic E-state index is 0.0116. The molecule has 1 fully saturated rings. The predicted molar refractivity (Wildman–Crippen MR) is 88.7 cm³/mol. The Morgan fingerprint density at radius 3 is 2.86 bits per heavy atom. The van der Waals surface area contributed by atoms with Gasteiger partial charge in [0.2, 0.25) is 5.91 Å². The number of amides is 1. The first-order valence-corrected chi connectivity index (χ1v) is 7.91. The molecule has 120 valence electrons. The van der Waals surface area contributed by atoms with E-state index >= 15 is 0 Å². The lowest BCUT2D eigenvalue weighted by Crippen LogP contribution is -2.36. The number of halogens is 2. The van der Waals surface area contributed by atoms with E-state index in [1.807, 2.05) is 6.07 Å². The number of hydrogen-bond acceptors (Lipinski definition) is 4. The summed E-state index contributed by atoms with van der Waals surface area (Å²) in [4.78, 5) is 16.8. The van der Waals surface area contributed by atoms with Gasteiger partial charge in [-0.15, -0.1) is 0 Å². The summed E-state index contributed by atoms with van der Waals surface area (Å²) >= 11 is 11.9. The maximum Gasteiger partial charge on any atom is 0.220 e. The molecule has 1 heterocycles. The zero-order valence-corrected chi connectivity index (χ0v) is 13.9. The van der Waals surface area contributed by atoms with Gasteiger partial charge in [-0.2, -0.15) is 0 Å². The molecule has 0 aromatic heterocycles. The highest BCUT2D eigenvalue weighted by Crippen LogP contribution is 2.23. The summed E-state index contributed by atoms with van der Waals surface area (Å²) in [7, 11) is 1.47. The average Bonchev–Trinajstić information content (AvgIpc) is 2.99. The van der Waals surface area contributed by atoms with Crippen molar-refractivity contribution < 1.29 is 9.63 Å². The Morgan fingerprint density at radius 1 is 1.41 bits per heavy atom. The van der Waals surface area contributed by atoms with Crippen molar-refractivity contribution in [2.75, 3.05) is 20.2 Å². The Balaban J connectivity index is 1.95. The van der Waals surface area contributed by atoms with E-state index in [1.54, 1.807) is 12.1 Å². The lowest BCUT2D eigenvalue weighted by Gasteiger charge is -2.12. The van der Waals surface area contributed by atoms with E-state index in [0.29, 0.717) is 28.6 Å². The third-order valence-electron chi connectivity index (χ3n) is 3.47. The van der Waals surface area contributed by atoms with Crippen molar-refractivity contribution in [3.63, 3.8) is 0 Å². The zero-order chi connectivity index (χ0) is 15.9. The zero-order valence-electron chi connectivity index (χ0n) is 12.4. The van der Waals surface area contributed by atoms with Crippen LogP contribution in [0.25, 0.3) is 0 Å². The number of benzene rings is 1. The fourth-order valence-corrected chi connectivity index (χ4v) is 2.64. The van der Waals surface area contributed by atoms with Crippen molar-refractivity contribution in [1.29, 1.82) is 0 Å². The summed E-state index contributed by atoms with van der Waals surface area (Å²) in [6, 6.07) is 5.46. The third-order valence-corrected chi connectivity index (χ3v) is 4.21. The normalized spacial score (nSPS) is 18.3. The van der Waals surface area contributed by atoms with Crippen LogP contribution in [0.15, 0.2) is 23.4 Å². The number of carbonyl (C=O) groups excluding carboxylic acids is 1. The lowest BCUT2D eigenvalue weighted by atomic mass is 10.1. The van der Waals surface area contributed by atoms with Crippen LogP contribution in [0.5, 0.6) is 0 Å². The highest BCUT2D eigenvalue weighted by molar-refractivity contribution is 6.42. The van der Waals surface area contributed by atoms with Gasteiger partial charge in [0.1, 0.15) is 7.11 Å². The molecule has 1 aromatic carbocycles. The molecule has 1 aliphatic rings. The van der Waals surface area contributed by atoms with Gasteiger partial charge in [-0.05, 0) is 25.1 Å². The van der Waals surface area contributed by atoms with Crippen molar-refractivity contribution in [2.45, 2.75) is 25.3 Å². The molecule has 1 amide bonds. The van der Waals surface area contributed by atoms with E-state index in [9.17, 15) is 4.79 Å². The lowest BCUT2D eigenvalue weighted by molar-refractivity contribution is -0.121. The molecule has 1 saturated heterocycles. The largest absolute Gasteiger partial charge is 0.399 e. The van der Waals surface area contributed by atoms with Gasteiger partial charge in [0.25, 0.3) is 0 Å². The minimum Gasteiger partial charge on any atom is -0.399 e. The van der Waals surface area contributed by atoms with Crippen LogP contribution in [0.3, 0.4) is 0 Å². The fourth-order valence-electron chi connectivity index (χ4n) is 2.34. The molecule has 0 bridgehead atoms. The SMILES string of the molecule is CO/N=C(/CCC(=O)NC1CCNC1)c1ccc(Cl)c(Cl)c1. The van der Waals surface area contributed by atoms with Crippen molar-refractivity contribution >= 4 is 34.8 Å². The Hall–Kier alpha value is -1.30. The van der Waals surface area contributed by atoms with Crippen molar-refractivity contribution in [2.24, 2.45) is 5.16 Å². The van der Waals surface area contributed by atoms with Gasteiger partial charge < -0.3 is 15.5 Å². The molecule has 1 aliphatic heterocycles. The van der Waals surface area contributed by atoms with Crippen molar-refractivity contribution in [3.8, 4) is 0 Å². The molecule has 0 spiro atoms. The number of carbonyl (C=O) groups is 1. The minimum absolute atomic E-state index is 0.0116. The van der Waals surface area contributed by atoms with Crippen LogP contribution in [0.2, 0.25) is 10.0 Å². The van der Waals surface area contributed by atoms with E-state index in [0.717, 1.165) is 25.1 Å². The second-order valence-electron chi connectivity index (χ2n) is 5.11. The third kappa shape index (κ3) is 4.87. The van der Waals surface area contributed by atoms with E-state index < -0.39 is 0 Å². The average molecular weight is 344 g/mol. The second-order valence-corrected chi connectivity index (χ2v) is 5.92. The van der Waals surface area contributed by atoms with Gasteiger partial charge in [-0.25, -0.2) is 0 Å². The van der Waals surface area contributed by atoms with E-state index in [4.69, 9.17) is 28.0 Å². The highest BCUT2D eigenvalue weighted by Gasteiger charge is 2.17. The maximum atomic E-state index is 12.0. The summed E-state index contributed by atoms with van der Waals surface area (Å²) < 4.78 is 0. The molecule has 2 N–H and O–H groups in total. The summed E-state index contributed by atoms with van der Waals surface area (Å²) in [5.74, 6) is 0.0116. The van der Waals surface area contributed by atoms with Crippen molar-refractivity contribution in [1.82, 2.24) is 10.6 Å². The van der Waals surface area contributed by atoms with Gasteiger partial charge in [0, 0.05) is 31.0 Å². The number of nitrogens with zero attached hydrogens (tertiary/aromatic N) is 1. The van der Waals surface area contributed by atoms with Crippen LogP contribution in [0.1, 0.15) is 24.8 Å². The Morgan fingerprint density at radius 2 is 2.23 bits per heavy atom. The van der Waals surface area contributed by atoms with Crippen LogP contribution in [-0.4, -0.2) is 37.9 Å². The first-order valence-electron chi connectivity index (χ1n) is 7.15. The topological polar surface area (TPSA) is 62.7 Å². The van der Waals surface area contributed by atoms with E-state index in [1.165, 1.54) is 7.11 Å². The number of hydrogen-bond donors (Lipinski definition) is 2. The number of oxime groups is 1. The first kappa shape index (κ1) is 17.1. The van der Waals surface area contributed by atoms with Gasteiger partial charge in [0.15, 0.2) is 0 Å². The quantitative estimate of drug-likeness (QED) is 0.616. The van der Waals surface area contributed by atoms with Crippen LogP contribution in [0.4, 0.5) is 0 Å². The summed E-state index contributed by atoms with van der Waals surface area (Å²) in [6.45, 7) is 1.78. The molecule has 5 nitrogen and oxygen atoms in total. The number of rotatable bonds is 6. The second kappa shape index (κ2) is 8.36. The molecular formula is C15H19Cl2N3O2. The maximum absolute atomic E-state index is 12.0. The van der Waals surface area contributed by atoms with Crippen molar-refractivity contribution in [3.05, 3.63) is 33.8 Å². The summed E-state index contributed by atoms with van der Waals surface area (Å²) in [5.41, 5.74) is 1.47. The van der Waals surface area contributed by atoms with Crippen LogP contribution in [0, 0.1) is 0 Å².